The Bertz CT molecular complexity index is 1200. The van der Waals surface area contributed by atoms with Crippen LogP contribution in [-0.2, 0) is 32.3 Å². The fourth-order valence-electron chi connectivity index (χ4n) is 2.97. The highest BCUT2D eigenvalue weighted by molar-refractivity contribution is 7.89. The molecule has 1 heterocycles. The summed E-state index contributed by atoms with van der Waals surface area (Å²) >= 11 is 0. The number of hydrogen-bond acceptors (Lipinski definition) is 5. The van der Waals surface area contributed by atoms with Crippen LogP contribution in [0, 0.1) is 0 Å². The van der Waals surface area contributed by atoms with Crippen molar-refractivity contribution in [2.24, 2.45) is 0 Å². The van der Waals surface area contributed by atoms with E-state index in [1.807, 2.05) is 0 Å². The summed E-state index contributed by atoms with van der Waals surface area (Å²) in [4.78, 5) is 35.8. The Morgan fingerprint density at radius 1 is 1.03 bits per heavy atom. The van der Waals surface area contributed by atoms with Crippen molar-refractivity contribution >= 4 is 33.2 Å². The number of aromatic nitrogens is 1. The van der Waals surface area contributed by atoms with Crippen LogP contribution in [0.3, 0.4) is 0 Å². The van der Waals surface area contributed by atoms with Crippen molar-refractivity contribution in [2.75, 3.05) is 23.7 Å². The Labute approximate surface area is 188 Å². The molecule has 0 aliphatic heterocycles. The molecule has 0 aliphatic rings. The number of alkyl halides is 3. The lowest BCUT2D eigenvalue weighted by atomic mass is 10.1. The van der Waals surface area contributed by atoms with Crippen LogP contribution in [0.25, 0.3) is 0 Å². The average molecular weight is 488 g/mol. The number of nitrogens with one attached hydrogen (secondary N) is 2. The zero-order chi connectivity index (χ0) is 25.0. The minimum atomic E-state index is -4.70. The van der Waals surface area contributed by atoms with Gasteiger partial charge in [0.05, 0.1) is 21.8 Å². The van der Waals surface area contributed by atoms with E-state index in [2.05, 4.69) is 10.6 Å². The minimum absolute atomic E-state index is 0.0749. The van der Waals surface area contributed by atoms with Gasteiger partial charge in [-0.1, -0.05) is 13.8 Å². The Kier molecular flexibility index (Phi) is 8.03. The van der Waals surface area contributed by atoms with E-state index in [9.17, 15) is 36.0 Å². The van der Waals surface area contributed by atoms with E-state index in [4.69, 9.17) is 0 Å². The number of nitrogens with zero attached hydrogens (tertiary/aromatic N) is 2. The normalized spacial score (nSPS) is 12.0. The number of amides is 2. The maximum Gasteiger partial charge on any atom is 0.416 e. The fourth-order valence-corrected chi connectivity index (χ4v) is 4.44. The molecule has 0 spiro atoms. The summed E-state index contributed by atoms with van der Waals surface area (Å²) in [7, 11) is -3.91. The predicted molar refractivity (Wildman–Crippen MR) is 115 cm³/mol. The van der Waals surface area contributed by atoms with E-state index in [1.165, 1.54) is 4.31 Å². The molecule has 0 unspecified atom stereocenters. The smallest absolute Gasteiger partial charge is 0.325 e. The molecule has 33 heavy (non-hydrogen) atoms. The zero-order valence-corrected chi connectivity index (χ0v) is 18.9. The van der Waals surface area contributed by atoms with Crippen LogP contribution in [0.1, 0.15) is 26.3 Å². The first-order valence-corrected chi connectivity index (χ1v) is 11.2. The van der Waals surface area contributed by atoms with Crippen LogP contribution >= 0.6 is 0 Å². The van der Waals surface area contributed by atoms with Crippen molar-refractivity contribution < 1.29 is 31.2 Å². The molecule has 1 aromatic carbocycles. The van der Waals surface area contributed by atoms with Crippen LogP contribution in [0.2, 0.25) is 0 Å². The molecule has 0 radical (unpaired) electrons. The Hall–Kier alpha value is -3.19. The lowest BCUT2D eigenvalue weighted by Gasteiger charge is -2.19. The molecule has 2 N–H and O–H groups in total. The monoisotopic (exact) mass is 488 g/mol. The predicted octanol–water partition coefficient (Wildman–Crippen LogP) is 2.49. The number of hydrogen-bond donors (Lipinski definition) is 2. The van der Waals surface area contributed by atoms with E-state index in [0.29, 0.717) is 6.07 Å². The first-order valence-electron chi connectivity index (χ1n) is 9.78. The van der Waals surface area contributed by atoms with Crippen molar-refractivity contribution in [3.05, 3.63) is 52.4 Å². The van der Waals surface area contributed by atoms with Crippen molar-refractivity contribution in [1.82, 2.24) is 8.87 Å². The van der Waals surface area contributed by atoms with Gasteiger partial charge in [0, 0.05) is 32.3 Å². The van der Waals surface area contributed by atoms with E-state index in [1.54, 1.807) is 13.8 Å². The highest BCUT2D eigenvalue weighted by Gasteiger charge is 2.31. The Balaban J connectivity index is 2.36. The summed E-state index contributed by atoms with van der Waals surface area (Å²) in [5.74, 6) is -1.48. The van der Waals surface area contributed by atoms with E-state index >= 15 is 0 Å². The van der Waals surface area contributed by atoms with Gasteiger partial charge in [0.25, 0.3) is 5.56 Å². The number of rotatable bonds is 8. The standard InChI is InChI=1S/C20H23F3N4O5S/c1-4-27(5-2)33(31,32)15-7-9-19(30)26(11-15)12-18(29)25-17-10-14(20(21,22)23)6-8-16(17)24-13(3)28/h6-11H,4-5,12H2,1-3H3,(H,24,28)(H,25,29). The Morgan fingerprint density at radius 2 is 1.67 bits per heavy atom. The minimum Gasteiger partial charge on any atom is -0.325 e. The maximum atomic E-state index is 13.1. The van der Waals surface area contributed by atoms with Crippen LogP contribution in [-0.4, -0.2) is 42.2 Å². The number of benzene rings is 1. The van der Waals surface area contributed by atoms with Gasteiger partial charge in [-0.15, -0.1) is 0 Å². The molecule has 180 valence electrons. The topological polar surface area (TPSA) is 118 Å². The summed E-state index contributed by atoms with van der Waals surface area (Å²) in [6.45, 7) is 4.15. The van der Waals surface area contributed by atoms with Crippen LogP contribution in [0.15, 0.2) is 46.2 Å². The number of halogens is 3. The quantitative estimate of drug-likeness (QED) is 0.592. The van der Waals surface area contributed by atoms with Crippen molar-refractivity contribution in [2.45, 2.75) is 38.4 Å². The van der Waals surface area contributed by atoms with Gasteiger partial charge in [-0.2, -0.15) is 17.5 Å². The lowest BCUT2D eigenvalue weighted by Crippen LogP contribution is -2.33. The lowest BCUT2D eigenvalue weighted by molar-refractivity contribution is -0.137. The molecule has 0 aliphatic carbocycles. The average Bonchev–Trinajstić information content (AvgIpc) is 2.70. The molecule has 1 aromatic heterocycles. The van der Waals surface area contributed by atoms with Crippen LogP contribution in [0.5, 0.6) is 0 Å². The molecule has 13 heteroatoms. The molecule has 0 saturated heterocycles. The molecular formula is C20H23F3N4O5S. The third-order valence-electron chi connectivity index (χ3n) is 4.55. The van der Waals surface area contributed by atoms with Gasteiger partial charge in [0.15, 0.2) is 0 Å². The largest absolute Gasteiger partial charge is 0.416 e. The summed E-state index contributed by atoms with van der Waals surface area (Å²) < 4.78 is 66.6. The summed E-state index contributed by atoms with van der Waals surface area (Å²) in [6, 6.07) is 4.48. The van der Waals surface area contributed by atoms with Gasteiger partial charge in [-0.3, -0.25) is 14.4 Å². The van der Waals surface area contributed by atoms with Crippen molar-refractivity contribution in [3.63, 3.8) is 0 Å². The van der Waals surface area contributed by atoms with Crippen LogP contribution < -0.4 is 16.2 Å². The summed E-state index contributed by atoms with van der Waals surface area (Å²) in [5.41, 5.74) is -2.15. The van der Waals surface area contributed by atoms with E-state index in [0.717, 1.165) is 42.0 Å². The second kappa shape index (κ2) is 10.2. The first kappa shape index (κ1) is 26.1. The molecule has 0 bridgehead atoms. The maximum absolute atomic E-state index is 13.1. The molecule has 0 atom stereocenters. The summed E-state index contributed by atoms with van der Waals surface area (Å²) in [6.07, 6.45) is -3.70. The van der Waals surface area contributed by atoms with E-state index in [-0.39, 0.29) is 29.4 Å². The molecule has 0 fully saturated rings. The van der Waals surface area contributed by atoms with Gasteiger partial charge in [0.2, 0.25) is 21.8 Å². The number of carbonyl (C=O) groups excluding carboxylic acids is 2. The van der Waals surface area contributed by atoms with Crippen LogP contribution in [0.4, 0.5) is 24.5 Å². The second-order valence-corrected chi connectivity index (χ2v) is 8.85. The molecule has 2 amide bonds. The highest BCUT2D eigenvalue weighted by atomic mass is 32.2. The number of carbonyl (C=O) groups is 2. The highest BCUT2D eigenvalue weighted by Crippen LogP contribution is 2.34. The summed E-state index contributed by atoms with van der Waals surface area (Å²) in [5, 5.41) is 4.55. The number of anilines is 2. The molecule has 0 saturated carbocycles. The van der Waals surface area contributed by atoms with Gasteiger partial charge in [-0.05, 0) is 24.3 Å². The van der Waals surface area contributed by atoms with Crippen molar-refractivity contribution in [3.8, 4) is 0 Å². The SMILES string of the molecule is CCN(CC)S(=O)(=O)c1ccc(=O)n(CC(=O)Nc2cc(C(F)(F)F)ccc2NC(C)=O)c1. The Morgan fingerprint density at radius 3 is 2.21 bits per heavy atom. The number of pyridine rings is 1. The van der Waals surface area contributed by atoms with Crippen molar-refractivity contribution in [1.29, 1.82) is 0 Å². The number of sulfonamides is 1. The molecule has 2 aromatic rings. The van der Waals surface area contributed by atoms with E-state index < -0.39 is 45.7 Å². The third kappa shape index (κ3) is 6.42. The molecule has 9 nitrogen and oxygen atoms in total. The third-order valence-corrected chi connectivity index (χ3v) is 6.58. The van der Waals surface area contributed by atoms with Gasteiger partial charge < -0.3 is 15.2 Å². The fraction of sp³-hybridized carbons (Fsp3) is 0.350. The molecule has 2 rings (SSSR count). The molecular weight excluding hydrogens is 465 g/mol. The van der Waals surface area contributed by atoms with Gasteiger partial charge in [-0.25, -0.2) is 8.42 Å². The van der Waals surface area contributed by atoms with Gasteiger partial charge in [0.1, 0.15) is 6.54 Å². The second-order valence-electron chi connectivity index (χ2n) is 6.91. The van der Waals surface area contributed by atoms with Gasteiger partial charge >= 0.3 is 6.18 Å². The zero-order valence-electron chi connectivity index (χ0n) is 18.1. The first-order chi connectivity index (χ1) is 15.3.